The molecule has 7 nitrogen and oxygen atoms in total. The first kappa shape index (κ1) is 18.3. The molecule has 132 valence electrons. The number of carbonyl (C=O) groups is 1. The third kappa shape index (κ3) is 5.49. The van der Waals surface area contributed by atoms with E-state index in [1.54, 1.807) is 13.1 Å². The molecule has 0 saturated heterocycles. The van der Waals surface area contributed by atoms with Gasteiger partial charge in [0.25, 0.3) is 5.69 Å². The molecule has 0 aliphatic carbocycles. The van der Waals surface area contributed by atoms with Crippen molar-refractivity contribution in [2.75, 3.05) is 25.5 Å². The molecule has 0 bridgehead atoms. The van der Waals surface area contributed by atoms with Crippen LogP contribution in [0, 0.1) is 24.0 Å². The molecule has 25 heavy (non-hydrogen) atoms. The SMILES string of the molecule is Cc1cc(C)cc(OCCN(C)C(=O)Nc2cccc([N+](=O)[O-])c2)c1. The van der Waals surface area contributed by atoms with Gasteiger partial charge in [-0.15, -0.1) is 0 Å². The number of likely N-dealkylation sites (N-methyl/N-ethyl adjacent to an activating group) is 1. The van der Waals surface area contributed by atoms with Crippen molar-refractivity contribution in [1.29, 1.82) is 0 Å². The number of aryl methyl sites for hydroxylation is 2. The van der Waals surface area contributed by atoms with Crippen LogP contribution < -0.4 is 10.1 Å². The Bertz CT molecular complexity index is 756. The van der Waals surface area contributed by atoms with Gasteiger partial charge < -0.3 is 15.0 Å². The van der Waals surface area contributed by atoms with Crippen molar-refractivity contribution in [2.24, 2.45) is 0 Å². The van der Waals surface area contributed by atoms with E-state index >= 15 is 0 Å². The molecular formula is C18H21N3O4. The van der Waals surface area contributed by atoms with Crippen molar-refractivity contribution in [3.05, 3.63) is 63.7 Å². The number of nitrogens with zero attached hydrogens (tertiary/aromatic N) is 2. The zero-order valence-electron chi connectivity index (χ0n) is 14.5. The number of amides is 2. The van der Waals surface area contributed by atoms with E-state index < -0.39 is 4.92 Å². The molecule has 0 atom stereocenters. The molecule has 0 aliphatic rings. The van der Waals surface area contributed by atoms with Crippen LogP contribution in [0.3, 0.4) is 0 Å². The Kier molecular flexibility index (Phi) is 5.94. The highest BCUT2D eigenvalue weighted by Gasteiger charge is 2.11. The lowest BCUT2D eigenvalue weighted by Crippen LogP contribution is -2.34. The number of carbonyl (C=O) groups excluding carboxylic acids is 1. The van der Waals surface area contributed by atoms with Gasteiger partial charge in [-0.2, -0.15) is 0 Å². The number of nitro groups is 1. The Morgan fingerprint density at radius 1 is 1.20 bits per heavy atom. The van der Waals surface area contributed by atoms with E-state index in [1.165, 1.54) is 23.1 Å². The molecule has 0 aromatic heterocycles. The lowest BCUT2D eigenvalue weighted by molar-refractivity contribution is -0.384. The summed E-state index contributed by atoms with van der Waals surface area (Å²) in [6.07, 6.45) is 0. The molecule has 1 N–H and O–H groups in total. The second kappa shape index (κ2) is 8.14. The normalized spacial score (nSPS) is 10.2. The average molecular weight is 343 g/mol. The number of urea groups is 1. The first-order valence-corrected chi connectivity index (χ1v) is 7.83. The Morgan fingerprint density at radius 3 is 2.52 bits per heavy atom. The molecule has 7 heteroatoms. The van der Waals surface area contributed by atoms with Gasteiger partial charge in [-0.3, -0.25) is 10.1 Å². The van der Waals surface area contributed by atoms with Gasteiger partial charge in [0.1, 0.15) is 12.4 Å². The summed E-state index contributed by atoms with van der Waals surface area (Å²) >= 11 is 0. The minimum Gasteiger partial charge on any atom is -0.492 e. The van der Waals surface area contributed by atoms with E-state index in [4.69, 9.17) is 4.74 Å². The van der Waals surface area contributed by atoms with Crippen molar-refractivity contribution in [3.8, 4) is 5.75 Å². The summed E-state index contributed by atoms with van der Waals surface area (Å²) in [5.41, 5.74) is 2.54. The summed E-state index contributed by atoms with van der Waals surface area (Å²) in [5.74, 6) is 0.769. The van der Waals surface area contributed by atoms with Crippen LogP contribution in [0.4, 0.5) is 16.2 Å². The maximum absolute atomic E-state index is 12.1. The summed E-state index contributed by atoms with van der Waals surface area (Å²) in [7, 11) is 1.64. The van der Waals surface area contributed by atoms with Gasteiger partial charge in [0.2, 0.25) is 0 Å². The maximum Gasteiger partial charge on any atom is 0.321 e. The molecule has 0 unspecified atom stereocenters. The van der Waals surface area contributed by atoms with Crippen LogP contribution in [0.2, 0.25) is 0 Å². The third-order valence-electron chi connectivity index (χ3n) is 3.55. The number of nitro benzene ring substituents is 1. The van der Waals surface area contributed by atoms with Crippen LogP contribution in [-0.4, -0.2) is 36.1 Å². The predicted molar refractivity (Wildman–Crippen MR) is 96.2 cm³/mol. The number of hydrogen-bond donors (Lipinski definition) is 1. The summed E-state index contributed by atoms with van der Waals surface area (Å²) in [4.78, 5) is 23.9. The Morgan fingerprint density at radius 2 is 1.88 bits per heavy atom. The largest absolute Gasteiger partial charge is 0.492 e. The third-order valence-corrected chi connectivity index (χ3v) is 3.55. The van der Waals surface area contributed by atoms with E-state index in [0.717, 1.165) is 16.9 Å². The molecule has 0 radical (unpaired) electrons. The van der Waals surface area contributed by atoms with Crippen molar-refractivity contribution in [1.82, 2.24) is 4.90 Å². The van der Waals surface area contributed by atoms with Gasteiger partial charge in [0, 0.05) is 24.9 Å². The monoisotopic (exact) mass is 343 g/mol. The molecule has 2 amide bonds. The number of non-ortho nitro benzene ring substituents is 1. The van der Waals surface area contributed by atoms with Gasteiger partial charge in [0.15, 0.2) is 0 Å². The molecule has 0 fully saturated rings. The number of benzene rings is 2. The van der Waals surface area contributed by atoms with Crippen LogP contribution in [0.5, 0.6) is 5.75 Å². The van der Waals surface area contributed by atoms with Crippen LogP contribution in [-0.2, 0) is 0 Å². The van der Waals surface area contributed by atoms with Crippen molar-refractivity contribution in [3.63, 3.8) is 0 Å². The Hall–Kier alpha value is -3.09. The van der Waals surface area contributed by atoms with E-state index in [2.05, 4.69) is 11.4 Å². The fourth-order valence-corrected chi connectivity index (χ4v) is 2.33. The first-order chi connectivity index (χ1) is 11.8. The Labute approximate surface area is 146 Å². The predicted octanol–water partition coefficient (Wildman–Crippen LogP) is 3.75. The van der Waals surface area contributed by atoms with Gasteiger partial charge in [-0.05, 0) is 43.2 Å². The number of hydrogen-bond acceptors (Lipinski definition) is 4. The zero-order valence-corrected chi connectivity index (χ0v) is 14.5. The van der Waals surface area contributed by atoms with E-state index in [9.17, 15) is 14.9 Å². The van der Waals surface area contributed by atoms with Crippen molar-refractivity contribution in [2.45, 2.75) is 13.8 Å². The fraction of sp³-hybridized carbons (Fsp3) is 0.278. The summed E-state index contributed by atoms with van der Waals surface area (Å²) < 4.78 is 5.68. The minimum atomic E-state index is -0.503. The van der Waals surface area contributed by atoms with Gasteiger partial charge in [-0.1, -0.05) is 12.1 Å². The van der Waals surface area contributed by atoms with E-state index in [1.807, 2.05) is 26.0 Å². The molecule has 0 spiro atoms. The zero-order chi connectivity index (χ0) is 18.4. The smallest absolute Gasteiger partial charge is 0.321 e. The topological polar surface area (TPSA) is 84.7 Å². The van der Waals surface area contributed by atoms with E-state index in [0.29, 0.717) is 18.8 Å². The second-order valence-corrected chi connectivity index (χ2v) is 5.83. The fourth-order valence-electron chi connectivity index (χ4n) is 2.33. The Balaban J connectivity index is 1.86. The van der Waals surface area contributed by atoms with Crippen LogP contribution in [0.15, 0.2) is 42.5 Å². The summed E-state index contributed by atoms with van der Waals surface area (Å²) in [6.45, 7) is 4.73. The highest BCUT2D eigenvalue weighted by atomic mass is 16.6. The van der Waals surface area contributed by atoms with Gasteiger partial charge in [0.05, 0.1) is 11.5 Å². The highest BCUT2D eigenvalue weighted by Crippen LogP contribution is 2.18. The number of anilines is 1. The number of ether oxygens (including phenoxy) is 1. The van der Waals surface area contributed by atoms with Gasteiger partial charge >= 0.3 is 6.03 Å². The first-order valence-electron chi connectivity index (χ1n) is 7.83. The van der Waals surface area contributed by atoms with Crippen LogP contribution in [0.1, 0.15) is 11.1 Å². The van der Waals surface area contributed by atoms with Crippen molar-refractivity contribution < 1.29 is 14.5 Å². The molecule has 2 aromatic rings. The lowest BCUT2D eigenvalue weighted by Gasteiger charge is -2.18. The molecule has 2 aromatic carbocycles. The highest BCUT2D eigenvalue weighted by molar-refractivity contribution is 5.89. The minimum absolute atomic E-state index is 0.0707. The van der Waals surface area contributed by atoms with Crippen LogP contribution >= 0.6 is 0 Å². The maximum atomic E-state index is 12.1. The van der Waals surface area contributed by atoms with Crippen molar-refractivity contribution >= 4 is 17.4 Å². The standard InChI is InChI=1S/C18H21N3O4/c1-13-9-14(2)11-17(10-13)25-8-7-20(3)18(22)19-15-5-4-6-16(12-15)21(23)24/h4-6,9-12H,7-8H2,1-3H3,(H,19,22). The summed E-state index contributed by atoms with van der Waals surface area (Å²) in [5, 5.41) is 13.4. The molecule has 0 saturated carbocycles. The quantitative estimate of drug-likeness (QED) is 0.639. The molecule has 0 aliphatic heterocycles. The van der Waals surface area contributed by atoms with Crippen LogP contribution in [0.25, 0.3) is 0 Å². The second-order valence-electron chi connectivity index (χ2n) is 5.83. The molecule has 0 heterocycles. The number of rotatable bonds is 6. The van der Waals surface area contributed by atoms with E-state index in [-0.39, 0.29) is 11.7 Å². The lowest BCUT2D eigenvalue weighted by atomic mass is 10.1. The summed E-state index contributed by atoms with van der Waals surface area (Å²) in [6, 6.07) is 11.4. The average Bonchev–Trinajstić information content (AvgIpc) is 2.54. The molecule has 2 rings (SSSR count). The molecular weight excluding hydrogens is 322 g/mol. The number of nitrogens with one attached hydrogen (secondary N) is 1. The van der Waals surface area contributed by atoms with Gasteiger partial charge in [-0.25, -0.2) is 4.79 Å².